The number of ether oxygens (including phenoxy) is 1. The maximum Gasteiger partial charge on any atom is 0.311 e. The van der Waals surface area contributed by atoms with Crippen LogP contribution in [0, 0.1) is 16.7 Å². The summed E-state index contributed by atoms with van der Waals surface area (Å²) in [5.41, 5.74) is 0.245. The van der Waals surface area contributed by atoms with Crippen molar-refractivity contribution in [2.75, 3.05) is 6.61 Å². The Hall–Kier alpha value is -1.12. The largest absolute Gasteiger partial charge is 0.465 e. The van der Waals surface area contributed by atoms with Gasteiger partial charge in [0.05, 0.1) is 12.0 Å². The molecule has 1 fully saturated rings. The number of hydrogen-bond donors (Lipinski definition) is 0. The first-order valence-electron chi connectivity index (χ1n) is 6.95. The van der Waals surface area contributed by atoms with Crippen LogP contribution in [0.15, 0.2) is 12.2 Å². The Bertz CT molecular complexity index is 385. The summed E-state index contributed by atoms with van der Waals surface area (Å²) in [7, 11) is 0. The van der Waals surface area contributed by atoms with E-state index in [-0.39, 0.29) is 23.1 Å². The number of carbonyl (C=O) groups is 2. The number of hydrogen-bond acceptors (Lipinski definition) is 3. The summed E-state index contributed by atoms with van der Waals surface area (Å²) in [6.07, 6.45) is 2.03. The molecule has 3 heteroatoms. The molecule has 3 nitrogen and oxygen atoms in total. The lowest BCUT2D eigenvalue weighted by atomic mass is 9.65. The van der Waals surface area contributed by atoms with Gasteiger partial charge in [0.25, 0.3) is 0 Å². The lowest BCUT2D eigenvalue weighted by Crippen LogP contribution is -2.38. The number of carbonyl (C=O) groups excluding carboxylic acids is 2. The molecule has 0 unspecified atom stereocenters. The van der Waals surface area contributed by atoms with Gasteiger partial charge in [0.1, 0.15) is 5.78 Å². The molecule has 0 aromatic rings. The van der Waals surface area contributed by atoms with E-state index in [1.54, 1.807) is 0 Å². The fourth-order valence-electron chi connectivity index (χ4n) is 2.53. The second-order valence-corrected chi connectivity index (χ2v) is 7.03. The highest BCUT2D eigenvalue weighted by atomic mass is 16.5. The molecular formula is C16H26O3. The molecule has 0 N–H and O–H groups in total. The van der Waals surface area contributed by atoms with Crippen LogP contribution in [0.25, 0.3) is 0 Å². The summed E-state index contributed by atoms with van der Waals surface area (Å²) >= 11 is 0. The molecule has 0 amide bonds. The number of esters is 1. The average molecular weight is 266 g/mol. The second kappa shape index (κ2) is 5.48. The molecule has 0 aliphatic heterocycles. The number of allylic oxidation sites excluding steroid dienone is 1. The van der Waals surface area contributed by atoms with Gasteiger partial charge in [0.2, 0.25) is 0 Å². The normalized spacial score (nSPS) is 23.3. The van der Waals surface area contributed by atoms with Gasteiger partial charge in [0, 0.05) is 11.8 Å². The van der Waals surface area contributed by atoms with E-state index < -0.39 is 5.41 Å². The topological polar surface area (TPSA) is 43.4 Å². The van der Waals surface area contributed by atoms with Crippen LogP contribution >= 0.6 is 0 Å². The molecule has 1 aliphatic carbocycles. The molecule has 0 radical (unpaired) electrons. The van der Waals surface area contributed by atoms with Crippen molar-refractivity contribution in [3.8, 4) is 0 Å². The second-order valence-electron chi connectivity index (χ2n) is 7.03. The zero-order valence-electron chi connectivity index (χ0n) is 12.8. The van der Waals surface area contributed by atoms with E-state index >= 15 is 0 Å². The SMILES string of the molecule is C=C1CCC(=O)C(C)(C)[C@H]1CCOC(=O)C(C)(C)C. The maximum absolute atomic E-state index is 12.0. The molecule has 1 aliphatic rings. The van der Waals surface area contributed by atoms with Crippen molar-refractivity contribution in [3.63, 3.8) is 0 Å². The van der Waals surface area contributed by atoms with Crippen molar-refractivity contribution in [1.29, 1.82) is 0 Å². The Kier molecular flexibility index (Phi) is 4.59. The fourth-order valence-corrected chi connectivity index (χ4v) is 2.53. The number of rotatable bonds is 3. The summed E-state index contributed by atoms with van der Waals surface area (Å²) in [6, 6.07) is 0. The predicted molar refractivity (Wildman–Crippen MR) is 75.7 cm³/mol. The smallest absolute Gasteiger partial charge is 0.311 e. The van der Waals surface area contributed by atoms with Gasteiger partial charge < -0.3 is 4.74 Å². The summed E-state index contributed by atoms with van der Waals surface area (Å²) in [6.45, 7) is 13.9. The van der Waals surface area contributed by atoms with Gasteiger partial charge in [-0.25, -0.2) is 0 Å². The summed E-state index contributed by atoms with van der Waals surface area (Å²) < 4.78 is 5.29. The first-order valence-corrected chi connectivity index (χ1v) is 6.95. The Balaban J connectivity index is 2.58. The van der Waals surface area contributed by atoms with Gasteiger partial charge in [-0.1, -0.05) is 26.0 Å². The van der Waals surface area contributed by atoms with Crippen LogP contribution in [0.4, 0.5) is 0 Å². The van der Waals surface area contributed by atoms with Gasteiger partial charge in [-0.05, 0) is 39.5 Å². The molecule has 108 valence electrons. The number of ketones is 1. The first kappa shape index (κ1) is 15.9. The summed E-state index contributed by atoms with van der Waals surface area (Å²) in [5, 5.41) is 0. The zero-order chi connectivity index (χ0) is 14.8. The van der Waals surface area contributed by atoms with Gasteiger partial charge in [0.15, 0.2) is 0 Å². The van der Waals surface area contributed by atoms with Gasteiger partial charge in [-0.2, -0.15) is 0 Å². The zero-order valence-corrected chi connectivity index (χ0v) is 12.8. The minimum absolute atomic E-state index is 0.113. The Labute approximate surface area is 116 Å². The standard InChI is InChI=1S/C16H26O3/c1-11-7-8-13(17)16(5,6)12(11)9-10-19-14(18)15(2,3)4/h12H,1,7-10H2,2-6H3/t12-/m0/s1. The molecule has 0 aromatic carbocycles. The third kappa shape index (κ3) is 3.68. The van der Waals surface area contributed by atoms with Crippen LogP contribution in [0.5, 0.6) is 0 Å². The minimum atomic E-state index is -0.477. The minimum Gasteiger partial charge on any atom is -0.465 e. The molecule has 19 heavy (non-hydrogen) atoms. The van der Waals surface area contributed by atoms with E-state index in [1.807, 2.05) is 34.6 Å². The van der Waals surface area contributed by atoms with E-state index in [4.69, 9.17) is 4.74 Å². The highest BCUT2D eigenvalue weighted by Crippen LogP contribution is 2.42. The van der Waals surface area contributed by atoms with E-state index in [0.717, 1.165) is 12.0 Å². The maximum atomic E-state index is 12.0. The molecule has 0 spiro atoms. The monoisotopic (exact) mass is 266 g/mol. The lowest BCUT2D eigenvalue weighted by Gasteiger charge is -2.38. The molecule has 0 heterocycles. The van der Waals surface area contributed by atoms with E-state index in [2.05, 4.69) is 6.58 Å². The third-order valence-electron chi connectivity index (χ3n) is 4.01. The first-order chi connectivity index (χ1) is 8.56. The Morgan fingerprint density at radius 2 is 1.95 bits per heavy atom. The van der Waals surface area contributed by atoms with Crippen molar-refractivity contribution >= 4 is 11.8 Å². The van der Waals surface area contributed by atoms with Crippen LogP contribution < -0.4 is 0 Å². The Morgan fingerprint density at radius 1 is 1.37 bits per heavy atom. The molecule has 0 aromatic heterocycles. The molecule has 1 saturated carbocycles. The molecular weight excluding hydrogens is 240 g/mol. The van der Waals surface area contributed by atoms with Crippen molar-refractivity contribution in [2.24, 2.45) is 16.7 Å². The van der Waals surface area contributed by atoms with Crippen LogP contribution in [0.2, 0.25) is 0 Å². The number of Topliss-reactive ketones (excluding diaryl/α,β-unsaturated/α-hetero) is 1. The van der Waals surface area contributed by atoms with E-state index in [9.17, 15) is 9.59 Å². The van der Waals surface area contributed by atoms with Crippen LogP contribution in [-0.4, -0.2) is 18.4 Å². The van der Waals surface area contributed by atoms with Crippen molar-refractivity contribution in [2.45, 2.75) is 53.9 Å². The predicted octanol–water partition coefficient (Wildman–Crippen LogP) is 3.53. The molecule has 0 saturated heterocycles. The summed E-state index contributed by atoms with van der Waals surface area (Å²) in [4.78, 5) is 23.7. The quantitative estimate of drug-likeness (QED) is 0.580. The summed E-state index contributed by atoms with van der Waals surface area (Å²) in [5.74, 6) is 0.201. The third-order valence-corrected chi connectivity index (χ3v) is 4.01. The van der Waals surface area contributed by atoms with E-state index in [1.165, 1.54) is 0 Å². The van der Waals surface area contributed by atoms with Gasteiger partial charge in [-0.15, -0.1) is 0 Å². The van der Waals surface area contributed by atoms with Gasteiger partial charge in [-0.3, -0.25) is 9.59 Å². The molecule has 0 bridgehead atoms. The lowest BCUT2D eigenvalue weighted by molar-refractivity contribution is -0.153. The van der Waals surface area contributed by atoms with Crippen LogP contribution in [0.1, 0.15) is 53.9 Å². The van der Waals surface area contributed by atoms with Crippen LogP contribution in [0.3, 0.4) is 0 Å². The van der Waals surface area contributed by atoms with E-state index in [0.29, 0.717) is 19.4 Å². The molecule has 1 rings (SSSR count). The molecule has 1 atom stereocenters. The van der Waals surface area contributed by atoms with Crippen molar-refractivity contribution < 1.29 is 14.3 Å². The van der Waals surface area contributed by atoms with Crippen molar-refractivity contribution in [3.05, 3.63) is 12.2 Å². The highest BCUT2D eigenvalue weighted by Gasteiger charge is 2.41. The Morgan fingerprint density at radius 3 is 2.47 bits per heavy atom. The average Bonchev–Trinajstić information content (AvgIpc) is 2.27. The van der Waals surface area contributed by atoms with Gasteiger partial charge >= 0.3 is 5.97 Å². The highest BCUT2D eigenvalue weighted by molar-refractivity contribution is 5.86. The van der Waals surface area contributed by atoms with Crippen LogP contribution in [-0.2, 0) is 14.3 Å². The fraction of sp³-hybridized carbons (Fsp3) is 0.750. The van der Waals surface area contributed by atoms with Crippen molar-refractivity contribution in [1.82, 2.24) is 0 Å².